The molecule has 0 aliphatic carbocycles. The summed E-state index contributed by atoms with van der Waals surface area (Å²) in [5, 5.41) is 9.37. The van der Waals surface area contributed by atoms with E-state index in [0.29, 0.717) is 5.01 Å². The third-order valence-electron chi connectivity index (χ3n) is 2.87. The van der Waals surface area contributed by atoms with Crippen LogP contribution < -0.4 is 5.84 Å². The Balaban J connectivity index is 1.97. The topological polar surface area (TPSA) is 110 Å². The Hall–Kier alpha value is -2.41. The average Bonchev–Trinajstić information content (AvgIpc) is 2.41. The lowest BCUT2D eigenvalue weighted by atomic mass is 9.89. The van der Waals surface area contributed by atoms with Crippen molar-refractivity contribution in [3.8, 4) is 0 Å². The second kappa shape index (κ2) is 5.07. The number of carbonyl (C=O) groups is 3. The minimum Gasteiger partial charge on any atom is -0.480 e. The number of carbonyl (C=O) groups excluding carboxylic acids is 2. The first-order valence-corrected chi connectivity index (χ1v) is 5.53. The zero-order chi connectivity index (χ0) is 14.0. The number of ether oxygens (including phenoxy) is 1. The molecule has 7 heteroatoms. The van der Waals surface area contributed by atoms with Gasteiger partial charge in [0.15, 0.2) is 12.0 Å². The van der Waals surface area contributed by atoms with Crippen LogP contribution in [-0.4, -0.2) is 34.0 Å². The number of rotatable bonds is 4. The standard InChI is InChI=1S/C12H12N2O5/c13-14-9(11(16)17)8(10(14)15)12(18)19-6-7-4-2-1-3-5-7/h1-5,8-9H,6,13H2,(H,16,17)/t8-,9-/m0/s1. The maximum absolute atomic E-state index is 11.7. The quantitative estimate of drug-likeness (QED) is 0.250. The summed E-state index contributed by atoms with van der Waals surface area (Å²) >= 11 is 0. The molecule has 1 fully saturated rings. The van der Waals surface area contributed by atoms with E-state index in [-0.39, 0.29) is 6.61 Å². The third-order valence-corrected chi connectivity index (χ3v) is 2.87. The van der Waals surface area contributed by atoms with E-state index in [2.05, 4.69) is 0 Å². The van der Waals surface area contributed by atoms with Gasteiger partial charge in [-0.2, -0.15) is 0 Å². The van der Waals surface area contributed by atoms with Crippen molar-refractivity contribution in [2.45, 2.75) is 12.6 Å². The Kier molecular flexibility index (Phi) is 3.48. The Labute approximate surface area is 108 Å². The van der Waals surface area contributed by atoms with Gasteiger partial charge in [0.25, 0.3) is 5.91 Å². The fourth-order valence-electron chi connectivity index (χ4n) is 1.82. The fourth-order valence-corrected chi connectivity index (χ4v) is 1.82. The Morgan fingerprint density at radius 3 is 2.53 bits per heavy atom. The number of carboxylic acids is 1. The van der Waals surface area contributed by atoms with Crippen LogP contribution in [0, 0.1) is 5.92 Å². The number of nitrogens with two attached hydrogens (primary N) is 1. The minimum atomic E-state index is -1.36. The van der Waals surface area contributed by atoms with E-state index in [1.165, 1.54) is 0 Å². The number of hydrogen-bond acceptors (Lipinski definition) is 5. The molecule has 100 valence electrons. The van der Waals surface area contributed by atoms with Crippen LogP contribution >= 0.6 is 0 Å². The van der Waals surface area contributed by atoms with Crippen LogP contribution in [0.1, 0.15) is 5.56 Å². The van der Waals surface area contributed by atoms with Gasteiger partial charge >= 0.3 is 11.9 Å². The molecule has 0 aromatic heterocycles. The van der Waals surface area contributed by atoms with Crippen molar-refractivity contribution < 1.29 is 24.2 Å². The van der Waals surface area contributed by atoms with Crippen LogP contribution in [0.25, 0.3) is 0 Å². The number of aliphatic carboxylic acids is 1. The van der Waals surface area contributed by atoms with Crippen molar-refractivity contribution in [3.05, 3.63) is 35.9 Å². The first-order valence-electron chi connectivity index (χ1n) is 5.53. The summed E-state index contributed by atoms with van der Waals surface area (Å²) < 4.78 is 4.93. The normalized spacial score (nSPS) is 21.7. The maximum Gasteiger partial charge on any atom is 0.329 e. The largest absolute Gasteiger partial charge is 0.480 e. The van der Waals surface area contributed by atoms with Gasteiger partial charge in [0.2, 0.25) is 0 Å². The summed E-state index contributed by atoms with van der Waals surface area (Å²) in [6, 6.07) is 7.52. The number of hydrazine groups is 1. The maximum atomic E-state index is 11.7. The Morgan fingerprint density at radius 2 is 1.95 bits per heavy atom. The molecule has 0 saturated carbocycles. The van der Waals surface area contributed by atoms with E-state index < -0.39 is 29.8 Å². The molecule has 2 rings (SSSR count). The van der Waals surface area contributed by atoms with Crippen molar-refractivity contribution in [1.29, 1.82) is 0 Å². The Morgan fingerprint density at radius 1 is 1.32 bits per heavy atom. The van der Waals surface area contributed by atoms with Gasteiger partial charge in [-0.25, -0.2) is 10.6 Å². The molecule has 0 bridgehead atoms. The average molecular weight is 264 g/mol. The molecule has 0 unspecified atom stereocenters. The van der Waals surface area contributed by atoms with Crippen LogP contribution in [0.4, 0.5) is 0 Å². The van der Waals surface area contributed by atoms with Crippen molar-refractivity contribution >= 4 is 17.8 Å². The highest BCUT2D eigenvalue weighted by atomic mass is 16.5. The lowest BCUT2D eigenvalue weighted by molar-refractivity contribution is -0.182. The van der Waals surface area contributed by atoms with E-state index in [1.807, 2.05) is 6.07 Å². The summed E-state index contributed by atoms with van der Waals surface area (Å²) in [5.41, 5.74) is 0.749. The Bertz CT molecular complexity index is 516. The molecule has 3 N–H and O–H groups in total. The number of β-lactam (4-membered cyclic amide) rings is 1. The van der Waals surface area contributed by atoms with Gasteiger partial charge in [-0.15, -0.1) is 0 Å². The fraction of sp³-hybridized carbons (Fsp3) is 0.250. The highest BCUT2D eigenvalue weighted by Crippen LogP contribution is 2.25. The molecule has 1 amide bonds. The minimum absolute atomic E-state index is 0.0135. The highest BCUT2D eigenvalue weighted by molar-refractivity contribution is 6.09. The summed E-state index contributed by atoms with van der Waals surface area (Å²) in [6.45, 7) is -0.0135. The number of benzene rings is 1. The van der Waals surface area contributed by atoms with Gasteiger partial charge in [0, 0.05) is 0 Å². The van der Waals surface area contributed by atoms with Gasteiger partial charge in [-0.3, -0.25) is 14.6 Å². The molecule has 1 saturated heterocycles. The number of esters is 1. The molecule has 7 nitrogen and oxygen atoms in total. The summed E-state index contributed by atoms with van der Waals surface area (Å²) in [5.74, 6) is 0.895. The first kappa shape index (κ1) is 13.0. The molecule has 0 radical (unpaired) electrons. The van der Waals surface area contributed by atoms with Gasteiger partial charge in [0.1, 0.15) is 6.61 Å². The van der Waals surface area contributed by atoms with Gasteiger partial charge in [-0.1, -0.05) is 30.3 Å². The van der Waals surface area contributed by atoms with Gasteiger partial charge < -0.3 is 9.84 Å². The van der Waals surface area contributed by atoms with E-state index in [4.69, 9.17) is 15.7 Å². The molecule has 19 heavy (non-hydrogen) atoms. The zero-order valence-corrected chi connectivity index (χ0v) is 9.85. The van der Waals surface area contributed by atoms with E-state index >= 15 is 0 Å². The first-order chi connectivity index (χ1) is 9.02. The number of amides is 1. The van der Waals surface area contributed by atoms with Crippen molar-refractivity contribution in [1.82, 2.24) is 5.01 Å². The monoisotopic (exact) mass is 264 g/mol. The lowest BCUT2D eigenvalue weighted by Gasteiger charge is -2.39. The van der Waals surface area contributed by atoms with E-state index in [0.717, 1.165) is 5.56 Å². The van der Waals surface area contributed by atoms with Crippen molar-refractivity contribution in [3.63, 3.8) is 0 Å². The van der Waals surface area contributed by atoms with Gasteiger partial charge in [-0.05, 0) is 5.56 Å². The molecule has 1 aliphatic rings. The predicted molar refractivity (Wildman–Crippen MR) is 62.2 cm³/mol. The SMILES string of the molecule is NN1C(=O)[C@@H](C(=O)OCc2ccccc2)[C@H]1C(=O)O. The molecule has 1 aromatic rings. The predicted octanol–water partition coefficient (Wildman–Crippen LogP) is -0.485. The molecule has 2 atom stereocenters. The van der Waals surface area contributed by atoms with Crippen LogP contribution in [-0.2, 0) is 25.7 Å². The van der Waals surface area contributed by atoms with E-state index in [1.54, 1.807) is 24.3 Å². The van der Waals surface area contributed by atoms with Crippen molar-refractivity contribution in [2.75, 3.05) is 0 Å². The molecule has 1 aliphatic heterocycles. The van der Waals surface area contributed by atoms with E-state index in [9.17, 15) is 14.4 Å². The number of carboxylic acid groups (broad SMARTS) is 1. The third kappa shape index (κ3) is 2.41. The van der Waals surface area contributed by atoms with Crippen LogP contribution in [0.15, 0.2) is 30.3 Å². The second-order valence-corrected chi connectivity index (χ2v) is 4.10. The zero-order valence-electron chi connectivity index (χ0n) is 9.85. The second-order valence-electron chi connectivity index (χ2n) is 4.10. The summed E-state index contributed by atoms with van der Waals surface area (Å²) in [4.78, 5) is 33.9. The lowest BCUT2D eigenvalue weighted by Crippen LogP contribution is -2.69. The van der Waals surface area contributed by atoms with Crippen LogP contribution in [0.2, 0.25) is 0 Å². The summed E-state index contributed by atoms with van der Waals surface area (Å²) in [7, 11) is 0. The molecular formula is C12H12N2O5. The highest BCUT2D eigenvalue weighted by Gasteiger charge is 2.55. The molecule has 0 spiro atoms. The van der Waals surface area contributed by atoms with Crippen LogP contribution in [0.3, 0.4) is 0 Å². The van der Waals surface area contributed by atoms with Crippen LogP contribution in [0.5, 0.6) is 0 Å². The number of nitrogens with zero attached hydrogens (tertiary/aromatic N) is 1. The smallest absolute Gasteiger partial charge is 0.329 e. The summed E-state index contributed by atoms with van der Waals surface area (Å²) in [6.07, 6.45) is 0. The molecule has 1 heterocycles. The van der Waals surface area contributed by atoms with Crippen molar-refractivity contribution in [2.24, 2.45) is 11.8 Å². The van der Waals surface area contributed by atoms with Gasteiger partial charge in [0.05, 0.1) is 0 Å². The number of hydrogen-bond donors (Lipinski definition) is 2. The molecule has 1 aromatic carbocycles. The molecular weight excluding hydrogens is 252 g/mol.